The Hall–Kier alpha value is -0.290. The van der Waals surface area contributed by atoms with Crippen LogP contribution in [0.15, 0.2) is 18.2 Å². The first-order valence-electron chi connectivity index (χ1n) is 6.73. The van der Waals surface area contributed by atoms with Crippen molar-refractivity contribution in [3.63, 3.8) is 0 Å². The number of hydrogen-bond donors (Lipinski definition) is 1. The highest BCUT2D eigenvalue weighted by Gasteiger charge is 2.26. The zero-order valence-electron chi connectivity index (χ0n) is 11.2. The van der Waals surface area contributed by atoms with Gasteiger partial charge >= 0.3 is 0 Å². The molecule has 0 aliphatic heterocycles. The van der Waals surface area contributed by atoms with E-state index in [1.165, 1.54) is 6.42 Å². The van der Waals surface area contributed by atoms with E-state index in [4.69, 9.17) is 11.6 Å². The van der Waals surface area contributed by atoms with Crippen LogP contribution in [0, 0.1) is 15.4 Å². The minimum absolute atomic E-state index is 0.00125. The van der Waals surface area contributed by atoms with Gasteiger partial charge in [-0.2, -0.15) is 0 Å². The summed E-state index contributed by atoms with van der Waals surface area (Å²) in [6, 6.07) is 5.73. The molecule has 0 heterocycles. The third-order valence-corrected chi connectivity index (χ3v) is 5.28. The van der Waals surface area contributed by atoms with E-state index in [9.17, 15) is 4.79 Å². The molecule has 1 amide bonds. The minimum Gasteiger partial charge on any atom is -0.349 e. The van der Waals surface area contributed by atoms with Crippen molar-refractivity contribution in [3.05, 3.63) is 32.4 Å². The van der Waals surface area contributed by atoms with E-state index in [1.807, 2.05) is 12.1 Å². The van der Waals surface area contributed by atoms with Gasteiger partial charge in [0, 0.05) is 14.6 Å². The van der Waals surface area contributed by atoms with Gasteiger partial charge in [0.05, 0.1) is 5.56 Å². The lowest BCUT2D eigenvalue weighted by atomic mass is 9.79. The maximum Gasteiger partial charge on any atom is 0.252 e. The van der Waals surface area contributed by atoms with Gasteiger partial charge in [-0.25, -0.2) is 0 Å². The van der Waals surface area contributed by atoms with E-state index in [2.05, 4.69) is 41.8 Å². The summed E-state index contributed by atoms with van der Waals surface area (Å²) in [5.74, 6) is 1.44. The van der Waals surface area contributed by atoms with E-state index >= 15 is 0 Å². The van der Waals surface area contributed by atoms with Gasteiger partial charge < -0.3 is 5.32 Å². The smallest absolute Gasteiger partial charge is 0.252 e. The first kappa shape index (κ1) is 15.1. The standard InChI is InChI=1S/C15H19ClINO/c1-9-3-5-12(7-10(9)2)18-15(19)13-8-11(16)4-6-14(13)17/h4,6,8-10,12H,3,5,7H2,1-2H3,(H,18,19). The highest BCUT2D eigenvalue weighted by atomic mass is 127. The molecule has 2 nitrogen and oxygen atoms in total. The van der Waals surface area contributed by atoms with Crippen LogP contribution in [-0.4, -0.2) is 11.9 Å². The van der Waals surface area contributed by atoms with Crippen molar-refractivity contribution in [1.82, 2.24) is 5.32 Å². The fraction of sp³-hybridized carbons (Fsp3) is 0.533. The Labute approximate surface area is 133 Å². The maximum absolute atomic E-state index is 12.3. The highest BCUT2D eigenvalue weighted by molar-refractivity contribution is 14.1. The molecule has 1 aromatic carbocycles. The molecule has 3 atom stereocenters. The SMILES string of the molecule is CC1CCC(NC(=O)c2cc(Cl)ccc2I)CC1C. The number of benzene rings is 1. The minimum atomic E-state index is -0.00125. The van der Waals surface area contributed by atoms with Crippen LogP contribution in [0.5, 0.6) is 0 Å². The average molecular weight is 392 g/mol. The molecule has 0 bridgehead atoms. The number of amides is 1. The summed E-state index contributed by atoms with van der Waals surface area (Å²) < 4.78 is 0.941. The lowest BCUT2D eigenvalue weighted by Gasteiger charge is -2.32. The Kier molecular flexibility index (Phi) is 5.12. The topological polar surface area (TPSA) is 29.1 Å². The lowest BCUT2D eigenvalue weighted by Crippen LogP contribution is -2.40. The molecule has 2 rings (SSSR count). The summed E-state index contributed by atoms with van der Waals surface area (Å²) in [7, 11) is 0. The summed E-state index contributed by atoms with van der Waals surface area (Å²) >= 11 is 8.14. The Balaban J connectivity index is 2.03. The average Bonchev–Trinajstić information content (AvgIpc) is 2.36. The largest absolute Gasteiger partial charge is 0.349 e. The molecule has 104 valence electrons. The van der Waals surface area contributed by atoms with Gasteiger partial charge in [0.1, 0.15) is 0 Å². The van der Waals surface area contributed by atoms with Gasteiger partial charge in [0.25, 0.3) is 5.91 Å². The van der Waals surface area contributed by atoms with Crippen LogP contribution in [0.4, 0.5) is 0 Å². The number of halogens is 2. The first-order valence-corrected chi connectivity index (χ1v) is 8.19. The Bertz CT molecular complexity index is 477. The molecule has 0 radical (unpaired) electrons. The van der Waals surface area contributed by atoms with Crippen LogP contribution in [0.3, 0.4) is 0 Å². The number of nitrogens with one attached hydrogen (secondary N) is 1. The summed E-state index contributed by atoms with van der Waals surface area (Å²) in [6.45, 7) is 4.56. The lowest BCUT2D eigenvalue weighted by molar-refractivity contribution is 0.0909. The van der Waals surface area contributed by atoms with Crippen LogP contribution < -0.4 is 5.32 Å². The number of rotatable bonds is 2. The highest BCUT2D eigenvalue weighted by Crippen LogP contribution is 2.29. The third kappa shape index (κ3) is 3.85. The van der Waals surface area contributed by atoms with Gasteiger partial charge in [-0.15, -0.1) is 0 Å². The molecule has 1 N–H and O–H groups in total. The van der Waals surface area contributed by atoms with E-state index in [1.54, 1.807) is 6.07 Å². The molecule has 1 aromatic rings. The van der Waals surface area contributed by atoms with Crippen molar-refractivity contribution >= 4 is 40.1 Å². The second kappa shape index (κ2) is 6.44. The molecule has 4 heteroatoms. The van der Waals surface area contributed by atoms with Gasteiger partial charge in [-0.05, 0) is 71.9 Å². The van der Waals surface area contributed by atoms with E-state index < -0.39 is 0 Å². The molecule has 1 aliphatic carbocycles. The van der Waals surface area contributed by atoms with Crippen LogP contribution in [-0.2, 0) is 0 Å². The monoisotopic (exact) mass is 391 g/mol. The Morgan fingerprint density at radius 2 is 2.05 bits per heavy atom. The van der Waals surface area contributed by atoms with Gasteiger partial charge in [0.15, 0.2) is 0 Å². The van der Waals surface area contributed by atoms with E-state index in [0.717, 1.165) is 22.3 Å². The van der Waals surface area contributed by atoms with Crippen molar-refractivity contribution in [1.29, 1.82) is 0 Å². The van der Waals surface area contributed by atoms with Crippen molar-refractivity contribution in [3.8, 4) is 0 Å². The molecule has 1 saturated carbocycles. The molecule has 0 saturated heterocycles. The molecular weight excluding hydrogens is 373 g/mol. The van der Waals surface area contributed by atoms with E-state index in [-0.39, 0.29) is 5.91 Å². The zero-order valence-corrected chi connectivity index (χ0v) is 14.2. The van der Waals surface area contributed by atoms with Gasteiger partial charge in [0.2, 0.25) is 0 Å². The summed E-state index contributed by atoms with van der Waals surface area (Å²) in [5.41, 5.74) is 0.680. The molecule has 0 aromatic heterocycles. The van der Waals surface area contributed by atoms with Crippen LogP contribution in [0.25, 0.3) is 0 Å². The van der Waals surface area contributed by atoms with Crippen molar-refractivity contribution in [2.24, 2.45) is 11.8 Å². The van der Waals surface area contributed by atoms with Crippen molar-refractivity contribution in [2.45, 2.75) is 39.2 Å². The molecule has 3 unspecified atom stereocenters. The maximum atomic E-state index is 12.3. The zero-order chi connectivity index (χ0) is 14.0. The predicted octanol–water partition coefficient (Wildman–Crippen LogP) is 4.50. The van der Waals surface area contributed by atoms with Crippen LogP contribution >= 0.6 is 34.2 Å². The molecule has 0 spiro atoms. The predicted molar refractivity (Wildman–Crippen MR) is 87.6 cm³/mol. The number of hydrogen-bond acceptors (Lipinski definition) is 1. The quantitative estimate of drug-likeness (QED) is 0.739. The first-order chi connectivity index (χ1) is 8.97. The number of carbonyl (C=O) groups excluding carboxylic acids is 1. The summed E-state index contributed by atoms with van der Waals surface area (Å²) in [6.07, 6.45) is 3.34. The Morgan fingerprint density at radius 1 is 1.32 bits per heavy atom. The summed E-state index contributed by atoms with van der Waals surface area (Å²) in [4.78, 5) is 12.3. The molecule has 1 aliphatic rings. The van der Waals surface area contributed by atoms with Gasteiger partial charge in [-0.1, -0.05) is 25.4 Å². The fourth-order valence-corrected chi connectivity index (χ4v) is 3.37. The third-order valence-electron chi connectivity index (χ3n) is 4.11. The molecular formula is C15H19ClINO. The van der Waals surface area contributed by atoms with Gasteiger partial charge in [-0.3, -0.25) is 4.79 Å². The Morgan fingerprint density at radius 3 is 2.74 bits per heavy atom. The van der Waals surface area contributed by atoms with Crippen molar-refractivity contribution < 1.29 is 4.79 Å². The van der Waals surface area contributed by atoms with Crippen LogP contribution in [0.2, 0.25) is 5.02 Å². The second-order valence-corrected chi connectivity index (χ2v) is 7.16. The molecule has 19 heavy (non-hydrogen) atoms. The van der Waals surface area contributed by atoms with E-state index in [0.29, 0.717) is 22.5 Å². The number of carbonyl (C=O) groups is 1. The van der Waals surface area contributed by atoms with Crippen LogP contribution in [0.1, 0.15) is 43.5 Å². The molecule has 1 fully saturated rings. The summed E-state index contributed by atoms with van der Waals surface area (Å²) in [5, 5.41) is 3.76. The normalized spacial score (nSPS) is 27.1. The second-order valence-electron chi connectivity index (χ2n) is 5.56. The van der Waals surface area contributed by atoms with Crippen molar-refractivity contribution in [2.75, 3.05) is 0 Å². The fourth-order valence-electron chi connectivity index (χ4n) is 2.61.